The van der Waals surface area contributed by atoms with E-state index in [-0.39, 0.29) is 18.0 Å². The minimum atomic E-state index is -3.98. The summed E-state index contributed by atoms with van der Waals surface area (Å²) in [5.74, 6) is 1.37. The lowest BCUT2D eigenvalue weighted by molar-refractivity contribution is -0.119. The molecule has 0 aromatic heterocycles. The molecule has 1 N–H and O–H groups in total. The minimum absolute atomic E-state index is 0.0865. The van der Waals surface area contributed by atoms with Gasteiger partial charge in [-0.1, -0.05) is 24.3 Å². The van der Waals surface area contributed by atoms with Gasteiger partial charge in [0.15, 0.2) is 0 Å². The number of amides is 1. The van der Waals surface area contributed by atoms with Crippen LogP contribution in [0, 0.1) is 0 Å². The number of carbonyl (C=O) groups excluding carboxylic acids is 1. The molecule has 0 radical (unpaired) electrons. The van der Waals surface area contributed by atoms with Crippen LogP contribution in [0.4, 0.5) is 5.69 Å². The molecule has 1 amide bonds. The van der Waals surface area contributed by atoms with Crippen LogP contribution in [0.3, 0.4) is 0 Å². The SMILES string of the molecule is COc1ccc(OCCNC(=O)CN(c2cccc(OC)c2)S(=O)(=O)c2ccccc2)cc1. The summed E-state index contributed by atoms with van der Waals surface area (Å²) in [6.45, 7) is 0.0395. The molecule has 0 aliphatic heterocycles. The molecule has 3 aromatic carbocycles. The third-order valence-corrected chi connectivity index (χ3v) is 6.50. The van der Waals surface area contributed by atoms with Crippen molar-refractivity contribution in [2.45, 2.75) is 4.90 Å². The highest BCUT2D eigenvalue weighted by molar-refractivity contribution is 7.92. The number of hydrogen-bond donors (Lipinski definition) is 1. The standard InChI is InChI=1S/C24H26N2O6S/c1-30-20-11-13-21(14-12-20)32-16-15-25-24(27)18-26(19-7-6-8-22(17-19)31-2)33(28,29)23-9-4-3-5-10-23/h3-14,17H,15-16,18H2,1-2H3,(H,25,27). The Morgan fingerprint density at radius 3 is 2.18 bits per heavy atom. The van der Waals surface area contributed by atoms with E-state index in [4.69, 9.17) is 14.2 Å². The Kier molecular flexibility index (Phi) is 8.15. The highest BCUT2D eigenvalue weighted by Gasteiger charge is 2.27. The van der Waals surface area contributed by atoms with Crippen molar-refractivity contribution in [1.82, 2.24) is 5.32 Å². The van der Waals surface area contributed by atoms with Crippen molar-refractivity contribution in [3.8, 4) is 17.2 Å². The fourth-order valence-corrected chi connectivity index (χ4v) is 4.45. The Bertz CT molecular complexity index is 1150. The zero-order chi connectivity index (χ0) is 23.7. The largest absolute Gasteiger partial charge is 0.497 e. The molecule has 174 valence electrons. The summed E-state index contributed by atoms with van der Waals surface area (Å²) >= 11 is 0. The summed E-state index contributed by atoms with van der Waals surface area (Å²) in [6.07, 6.45) is 0. The van der Waals surface area contributed by atoms with E-state index in [0.29, 0.717) is 22.9 Å². The first-order valence-electron chi connectivity index (χ1n) is 10.2. The van der Waals surface area contributed by atoms with Gasteiger partial charge >= 0.3 is 0 Å². The molecule has 0 unspecified atom stereocenters. The summed E-state index contributed by atoms with van der Waals surface area (Å²) in [5, 5.41) is 2.70. The van der Waals surface area contributed by atoms with Crippen molar-refractivity contribution in [3.63, 3.8) is 0 Å². The predicted molar refractivity (Wildman–Crippen MR) is 125 cm³/mol. The Morgan fingerprint density at radius 1 is 0.848 bits per heavy atom. The Balaban J connectivity index is 1.68. The van der Waals surface area contributed by atoms with Crippen molar-refractivity contribution in [3.05, 3.63) is 78.9 Å². The van der Waals surface area contributed by atoms with Gasteiger partial charge in [0.05, 0.1) is 31.3 Å². The lowest BCUT2D eigenvalue weighted by Crippen LogP contribution is -2.41. The Hall–Kier alpha value is -3.72. The van der Waals surface area contributed by atoms with Crippen LogP contribution in [0.5, 0.6) is 17.2 Å². The molecule has 0 heterocycles. The van der Waals surface area contributed by atoms with Gasteiger partial charge in [-0.05, 0) is 48.5 Å². The van der Waals surface area contributed by atoms with E-state index in [9.17, 15) is 13.2 Å². The Labute approximate surface area is 193 Å². The number of ether oxygens (including phenoxy) is 3. The van der Waals surface area contributed by atoms with Crippen LogP contribution in [0.25, 0.3) is 0 Å². The van der Waals surface area contributed by atoms with E-state index in [0.717, 1.165) is 4.31 Å². The maximum atomic E-state index is 13.3. The van der Waals surface area contributed by atoms with Crippen molar-refractivity contribution in [1.29, 1.82) is 0 Å². The monoisotopic (exact) mass is 470 g/mol. The van der Waals surface area contributed by atoms with Crippen LogP contribution in [-0.4, -0.2) is 48.2 Å². The van der Waals surface area contributed by atoms with Gasteiger partial charge in [-0.2, -0.15) is 0 Å². The van der Waals surface area contributed by atoms with E-state index in [1.807, 2.05) is 0 Å². The molecule has 9 heteroatoms. The van der Waals surface area contributed by atoms with Crippen molar-refractivity contribution < 1.29 is 27.4 Å². The van der Waals surface area contributed by atoms with Gasteiger partial charge in [0.2, 0.25) is 5.91 Å². The first-order chi connectivity index (χ1) is 15.9. The van der Waals surface area contributed by atoms with Crippen LogP contribution >= 0.6 is 0 Å². The number of rotatable bonds is 11. The van der Waals surface area contributed by atoms with Gasteiger partial charge < -0.3 is 19.5 Å². The molecular weight excluding hydrogens is 444 g/mol. The molecular formula is C24H26N2O6S. The van der Waals surface area contributed by atoms with E-state index >= 15 is 0 Å². The maximum absolute atomic E-state index is 13.3. The topological polar surface area (TPSA) is 94.2 Å². The maximum Gasteiger partial charge on any atom is 0.264 e. The summed E-state index contributed by atoms with van der Waals surface area (Å²) in [7, 11) is -0.908. The summed E-state index contributed by atoms with van der Waals surface area (Å²) in [4.78, 5) is 12.7. The average Bonchev–Trinajstić information content (AvgIpc) is 2.86. The molecule has 8 nitrogen and oxygen atoms in total. The number of nitrogens with one attached hydrogen (secondary N) is 1. The van der Waals surface area contributed by atoms with Crippen LogP contribution in [0.2, 0.25) is 0 Å². The molecule has 0 spiro atoms. The molecule has 0 saturated heterocycles. The quantitative estimate of drug-likeness (QED) is 0.433. The molecule has 0 saturated carbocycles. The number of nitrogens with zero attached hydrogens (tertiary/aromatic N) is 1. The lowest BCUT2D eigenvalue weighted by atomic mass is 10.3. The molecule has 0 aliphatic carbocycles. The van der Waals surface area contributed by atoms with Crippen LogP contribution < -0.4 is 23.8 Å². The van der Waals surface area contributed by atoms with Gasteiger partial charge in [0, 0.05) is 6.07 Å². The summed E-state index contributed by atoms with van der Waals surface area (Å²) in [6, 6.07) is 21.6. The normalized spacial score (nSPS) is 10.8. The van der Waals surface area contributed by atoms with Crippen molar-refractivity contribution in [2.75, 3.05) is 38.2 Å². The second-order valence-electron chi connectivity index (χ2n) is 6.90. The fraction of sp³-hybridized carbons (Fsp3) is 0.208. The van der Waals surface area contributed by atoms with Crippen molar-refractivity contribution >= 4 is 21.6 Å². The third-order valence-electron chi connectivity index (χ3n) is 4.71. The van der Waals surface area contributed by atoms with Crippen LogP contribution in [-0.2, 0) is 14.8 Å². The molecule has 0 fully saturated rings. The predicted octanol–water partition coefficient (Wildman–Crippen LogP) is 3.09. The van der Waals surface area contributed by atoms with E-state index in [2.05, 4.69) is 5.32 Å². The number of benzene rings is 3. The van der Waals surface area contributed by atoms with Gasteiger partial charge in [-0.25, -0.2) is 8.42 Å². The molecule has 0 atom stereocenters. The second-order valence-corrected chi connectivity index (χ2v) is 8.76. The number of methoxy groups -OCH3 is 2. The molecule has 0 aliphatic rings. The number of carbonyl (C=O) groups is 1. The highest BCUT2D eigenvalue weighted by atomic mass is 32.2. The third kappa shape index (κ3) is 6.39. The molecule has 3 aromatic rings. The highest BCUT2D eigenvalue weighted by Crippen LogP contribution is 2.26. The number of anilines is 1. The number of sulfonamides is 1. The van der Waals surface area contributed by atoms with E-state index in [1.54, 1.807) is 73.8 Å². The zero-order valence-electron chi connectivity index (χ0n) is 18.4. The first-order valence-corrected chi connectivity index (χ1v) is 11.6. The smallest absolute Gasteiger partial charge is 0.264 e. The second kappa shape index (κ2) is 11.2. The average molecular weight is 471 g/mol. The zero-order valence-corrected chi connectivity index (χ0v) is 19.2. The minimum Gasteiger partial charge on any atom is -0.497 e. The van der Waals surface area contributed by atoms with Crippen molar-refractivity contribution in [2.24, 2.45) is 0 Å². The Morgan fingerprint density at radius 2 is 1.52 bits per heavy atom. The van der Waals surface area contributed by atoms with Gasteiger partial charge in [0.1, 0.15) is 30.4 Å². The molecule has 33 heavy (non-hydrogen) atoms. The van der Waals surface area contributed by atoms with Gasteiger partial charge in [-0.3, -0.25) is 9.10 Å². The fourth-order valence-electron chi connectivity index (χ4n) is 3.02. The van der Waals surface area contributed by atoms with Gasteiger partial charge in [0.25, 0.3) is 10.0 Å². The summed E-state index contributed by atoms with van der Waals surface area (Å²) in [5.41, 5.74) is 0.322. The molecule has 3 rings (SSSR count). The van der Waals surface area contributed by atoms with Crippen LogP contribution in [0.1, 0.15) is 0 Å². The molecule has 0 bridgehead atoms. The lowest BCUT2D eigenvalue weighted by Gasteiger charge is -2.24. The van der Waals surface area contributed by atoms with E-state index in [1.165, 1.54) is 19.2 Å². The summed E-state index contributed by atoms with van der Waals surface area (Å²) < 4.78 is 43.6. The van der Waals surface area contributed by atoms with Gasteiger partial charge in [-0.15, -0.1) is 0 Å². The van der Waals surface area contributed by atoms with Crippen LogP contribution in [0.15, 0.2) is 83.8 Å². The number of hydrogen-bond acceptors (Lipinski definition) is 6. The van der Waals surface area contributed by atoms with E-state index < -0.39 is 22.5 Å². The first kappa shape index (κ1) is 23.9.